The van der Waals surface area contributed by atoms with Gasteiger partial charge in [0, 0.05) is 11.1 Å². The van der Waals surface area contributed by atoms with Crippen molar-refractivity contribution >= 4 is 33.3 Å². The van der Waals surface area contributed by atoms with Gasteiger partial charge in [-0.15, -0.1) is 5.10 Å². The minimum absolute atomic E-state index is 0.0793. The van der Waals surface area contributed by atoms with E-state index in [1.54, 1.807) is 36.4 Å². The number of carbonyl (C=O) groups is 1. The lowest BCUT2D eigenvalue weighted by Gasteiger charge is -2.17. The van der Waals surface area contributed by atoms with Crippen molar-refractivity contribution in [3.63, 3.8) is 0 Å². The fourth-order valence-corrected chi connectivity index (χ4v) is 5.29. The minimum atomic E-state index is -4.00. The van der Waals surface area contributed by atoms with Crippen LogP contribution in [0.1, 0.15) is 21.5 Å². The van der Waals surface area contributed by atoms with Crippen molar-refractivity contribution in [2.24, 2.45) is 4.40 Å². The molecule has 34 heavy (non-hydrogen) atoms. The zero-order valence-corrected chi connectivity index (χ0v) is 19.5. The number of ketones is 1. The molecule has 0 bridgehead atoms. The molecule has 10 heteroatoms. The van der Waals surface area contributed by atoms with E-state index in [1.165, 1.54) is 22.9 Å². The van der Waals surface area contributed by atoms with Crippen molar-refractivity contribution in [2.45, 2.75) is 17.0 Å². The third-order valence-electron chi connectivity index (χ3n) is 5.12. The molecule has 0 saturated heterocycles. The van der Waals surface area contributed by atoms with Gasteiger partial charge in [0.05, 0.1) is 21.2 Å². The number of hydrogen-bond donors (Lipinski definition) is 0. The van der Waals surface area contributed by atoms with Crippen LogP contribution in [-0.4, -0.2) is 40.1 Å². The summed E-state index contributed by atoms with van der Waals surface area (Å²) >= 11 is 1.05. The van der Waals surface area contributed by atoms with Crippen molar-refractivity contribution < 1.29 is 13.2 Å². The van der Waals surface area contributed by atoms with E-state index in [1.807, 2.05) is 37.3 Å². The molecule has 0 atom stereocenters. The van der Waals surface area contributed by atoms with Gasteiger partial charge in [0.25, 0.3) is 10.0 Å². The lowest BCUT2D eigenvalue weighted by atomic mass is 9.94. The molecular weight excluding hydrogens is 470 g/mol. The van der Waals surface area contributed by atoms with E-state index in [9.17, 15) is 13.2 Å². The molecule has 1 aromatic heterocycles. The van der Waals surface area contributed by atoms with E-state index >= 15 is 0 Å². The van der Waals surface area contributed by atoms with E-state index in [0.717, 1.165) is 23.0 Å². The van der Waals surface area contributed by atoms with E-state index < -0.39 is 10.0 Å². The number of fused-ring (bicyclic) bond motifs is 1. The van der Waals surface area contributed by atoms with Crippen LogP contribution in [0, 0.1) is 6.92 Å². The number of carbonyl (C=O) groups excluding carboxylic acids is 1. The molecule has 0 spiro atoms. The Labute approximate surface area is 200 Å². The number of benzene rings is 3. The molecule has 1 aliphatic carbocycles. The van der Waals surface area contributed by atoms with Crippen molar-refractivity contribution in [2.75, 3.05) is 0 Å². The largest absolute Gasteiger partial charge is 0.288 e. The summed E-state index contributed by atoms with van der Waals surface area (Å²) in [7, 11) is -4.00. The molecule has 4 aromatic rings. The van der Waals surface area contributed by atoms with Gasteiger partial charge >= 0.3 is 0 Å². The molecule has 3 aromatic carbocycles. The van der Waals surface area contributed by atoms with E-state index in [2.05, 4.69) is 19.9 Å². The van der Waals surface area contributed by atoms with Crippen molar-refractivity contribution in [1.82, 2.24) is 20.2 Å². The van der Waals surface area contributed by atoms with Crippen LogP contribution in [0.2, 0.25) is 0 Å². The first-order chi connectivity index (χ1) is 16.4. The summed E-state index contributed by atoms with van der Waals surface area (Å²) in [5.74, 6) is -0.255. The molecule has 0 unspecified atom stereocenters. The quantitative estimate of drug-likeness (QED) is 0.418. The molecule has 0 amide bonds. The van der Waals surface area contributed by atoms with Crippen molar-refractivity contribution in [1.29, 1.82) is 0 Å². The van der Waals surface area contributed by atoms with E-state index in [4.69, 9.17) is 0 Å². The van der Waals surface area contributed by atoms with Crippen LogP contribution in [0.25, 0.3) is 5.69 Å². The highest BCUT2D eigenvalue weighted by Gasteiger charge is 2.28. The van der Waals surface area contributed by atoms with Gasteiger partial charge in [-0.2, -0.15) is 17.5 Å². The smallest absolute Gasteiger partial charge is 0.282 e. The monoisotopic (exact) mass is 487 g/mol. The van der Waals surface area contributed by atoms with Crippen LogP contribution in [-0.2, 0) is 10.0 Å². The van der Waals surface area contributed by atoms with Crippen LogP contribution in [0.3, 0.4) is 0 Å². The molecule has 0 aliphatic heterocycles. The zero-order chi connectivity index (χ0) is 23.7. The van der Waals surface area contributed by atoms with Crippen LogP contribution >= 0.6 is 11.8 Å². The Kier molecular flexibility index (Phi) is 5.68. The molecule has 0 radical (unpaired) electrons. The summed E-state index contributed by atoms with van der Waals surface area (Å²) in [6.45, 7) is 1.88. The number of hydrogen-bond acceptors (Lipinski definition) is 7. The SMILES string of the molecule is Cc1ccc(S(=O)(=O)N=C2C=C(Sc3nnnn3-c3ccccc3)C(=O)c3ccccc32)cc1. The Morgan fingerprint density at radius 3 is 2.29 bits per heavy atom. The van der Waals surface area contributed by atoms with Crippen molar-refractivity contribution in [3.8, 4) is 5.69 Å². The molecular formula is C24H17N5O3S2. The highest BCUT2D eigenvalue weighted by molar-refractivity contribution is 8.04. The summed E-state index contributed by atoms with van der Waals surface area (Å²) in [5.41, 5.74) is 2.67. The molecule has 1 heterocycles. The summed E-state index contributed by atoms with van der Waals surface area (Å²) in [6, 6.07) is 22.5. The first-order valence-corrected chi connectivity index (χ1v) is 12.5. The van der Waals surface area contributed by atoms with Gasteiger partial charge in [0.1, 0.15) is 0 Å². The maximum absolute atomic E-state index is 13.2. The molecule has 8 nitrogen and oxygen atoms in total. The zero-order valence-electron chi connectivity index (χ0n) is 17.9. The lowest BCUT2D eigenvalue weighted by Crippen LogP contribution is -2.18. The molecule has 0 saturated carbocycles. The van der Waals surface area contributed by atoms with Crippen molar-refractivity contribution in [3.05, 3.63) is 107 Å². The van der Waals surface area contributed by atoms with Gasteiger partial charge in [-0.25, -0.2) is 0 Å². The van der Waals surface area contributed by atoms with Gasteiger partial charge in [-0.3, -0.25) is 4.79 Å². The third-order valence-corrected chi connectivity index (χ3v) is 7.38. The number of sulfonamides is 1. The molecule has 5 rings (SSSR count). The minimum Gasteiger partial charge on any atom is -0.288 e. The van der Waals surface area contributed by atoms with Gasteiger partial charge in [0.2, 0.25) is 10.9 Å². The number of tetrazole rings is 1. The predicted molar refractivity (Wildman–Crippen MR) is 129 cm³/mol. The van der Waals surface area contributed by atoms with Crippen LogP contribution in [0.15, 0.2) is 104 Å². The number of thioether (sulfide) groups is 1. The average Bonchev–Trinajstić information content (AvgIpc) is 3.31. The normalized spacial score (nSPS) is 14.7. The highest BCUT2D eigenvalue weighted by Crippen LogP contribution is 2.33. The Morgan fingerprint density at radius 1 is 0.882 bits per heavy atom. The Morgan fingerprint density at radius 2 is 1.56 bits per heavy atom. The Hall–Kier alpha value is -3.89. The molecule has 0 N–H and O–H groups in total. The predicted octanol–water partition coefficient (Wildman–Crippen LogP) is 4.02. The average molecular weight is 488 g/mol. The van der Waals surface area contributed by atoms with Gasteiger partial charge < -0.3 is 0 Å². The number of rotatable bonds is 5. The number of allylic oxidation sites excluding steroid dienone is 2. The van der Waals surface area contributed by atoms with Gasteiger partial charge in [-0.05, 0) is 59.5 Å². The maximum Gasteiger partial charge on any atom is 0.282 e. The first-order valence-electron chi connectivity index (χ1n) is 10.2. The highest BCUT2D eigenvalue weighted by atomic mass is 32.2. The number of nitrogens with zero attached hydrogens (tertiary/aromatic N) is 5. The second kappa shape index (κ2) is 8.81. The summed E-state index contributed by atoms with van der Waals surface area (Å²) in [4.78, 5) is 13.6. The summed E-state index contributed by atoms with van der Waals surface area (Å²) in [5, 5.41) is 12.2. The van der Waals surface area contributed by atoms with E-state index in [0.29, 0.717) is 16.3 Å². The van der Waals surface area contributed by atoms with Crippen LogP contribution < -0.4 is 0 Å². The number of aromatic nitrogens is 4. The second-order valence-electron chi connectivity index (χ2n) is 7.46. The summed E-state index contributed by atoms with van der Waals surface area (Å²) in [6.07, 6.45) is 1.48. The topological polar surface area (TPSA) is 107 Å². The fraction of sp³-hybridized carbons (Fsp3) is 0.0417. The fourth-order valence-electron chi connectivity index (χ4n) is 3.42. The van der Waals surface area contributed by atoms with E-state index in [-0.39, 0.29) is 21.3 Å². The standard InChI is InChI=1S/C24H17N5O3S2/c1-16-11-13-18(14-12-16)34(31,32)26-21-15-22(23(30)20-10-6-5-9-19(20)21)33-24-25-27-28-29(24)17-7-3-2-4-8-17/h2-15H,1H3. The third kappa shape index (κ3) is 4.20. The summed E-state index contributed by atoms with van der Waals surface area (Å²) < 4.78 is 31.6. The number of para-hydroxylation sites is 1. The number of Topliss-reactive ketones (excluding diaryl/α,β-unsaturated/α-hetero) is 1. The Balaban J connectivity index is 1.58. The maximum atomic E-state index is 13.2. The van der Waals surface area contributed by atoms with Crippen LogP contribution in [0.5, 0.6) is 0 Å². The molecule has 0 fully saturated rings. The molecule has 168 valence electrons. The van der Waals surface area contributed by atoms with Gasteiger partial charge in [0.15, 0.2) is 0 Å². The number of aryl methyl sites for hydroxylation is 1. The van der Waals surface area contributed by atoms with Crippen LogP contribution in [0.4, 0.5) is 0 Å². The molecule has 1 aliphatic rings. The Bertz CT molecular complexity index is 1560. The lowest BCUT2D eigenvalue weighted by molar-refractivity contribution is 0.104. The first kappa shape index (κ1) is 21.9. The second-order valence-corrected chi connectivity index (χ2v) is 10.1. The van der Waals surface area contributed by atoms with Gasteiger partial charge in [-0.1, -0.05) is 60.2 Å².